The van der Waals surface area contributed by atoms with Gasteiger partial charge in [0, 0.05) is 49.3 Å². The second-order valence-corrected chi connectivity index (χ2v) is 8.55. The van der Waals surface area contributed by atoms with Gasteiger partial charge in [-0.15, -0.1) is 11.3 Å². The Kier molecular flexibility index (Phi) is 4.56. The number of carbonyl (C=O) groups is 1. The molecule has 2 aliphatic heterocycles. The van der Waals surface area contributed by atoms with Crippen LogP contribution in [0.25, 0.3) is 10.1 Å². The number of methoxy groups -OCH3 is 1. The van der Waals surface area contributed by atoms with E-state index in [9.17, 15) is 4.79 Å². The second-order valence-electron chi connectivity index (χ2n) is 7.47. The van der Waals surface area contributed by atoms with Crippen molar-refractivity contribution in [1.82, 2.24) is 9.80 Å². The van der Waals surface area contributed by atoms with Gasteiger partial charge >= 0.3 is 0 Å². The highest BCUT2D eigenvalue weighted by atomic mass is 32.1. The minimum Gasteiger partial charge on any atom is -0.384 e. The fourth-order valence-electron chi connectivity index (χ4n) is 4.59. The summed E-state index contributed by atoms with van der Waals surface area (Å²) >= 11 is 1.61. The maximum Gasteiger partial charge on any atom is 0.263 e. The minimum absolute atomic E-state index is 0.198. The molecule has 4 rings (SSSR count). The van der Waals surface area contributed by atoms with Crippen molar-refractivity contribution in [2.24, 2.45) is 11.3 Å². The quantitative estimate of drug-likeness (QED) is 0.840. The number of ether oxygens (including phenoxy) is 1. The molecule has 5 heteroatoms. The van der Waals surface area contributed by atoms with Crippen molar-refractivity contribution in [3.8, 4) is 0 Å². The van der Waals surface area contributed by atoms with E-state index in [0.29, 0.717) is 5.92 Å². The number of fused-ring (bicyclic) bond motifs is 1. The van der Waals surface area contributed by atoms with Gasteiger partial charge in [-0.1, -0.05) is 25.1 Å². The molecule has 2 atom stereocenters. The summed E-state index contributed by atoms with van der Waals surface area (Å²) < 4.78 is 6.69. The first kappa shape index (κ1) is 17.0. The molecule has 0 radical (unpaired) electrons. The molecule has 134 valence electrons. The van der Waals surface area contributed by atoms with Gasteiger partial charge in [0.05, 0.1) is 11.5 Å². The van der Waals surface area contributed by atoms with Crippen LogP contribution >= 0.6 is 11.3 Å². The number of amides is 1. The Bertz CT molecular complexity index is 741. The van der Waals surface area contributed by atoms with Crippen molar-refractivity contribution in [2.75, 3.05) is 46.4 Å². The summed E-state index contributed by atoms with van der Waals surface area (Å²) in [6, 6.07) is 10.3. The summed E-state index contributed by atoms with van der Waals surface area (Å²) in [5.41, 5.74) is 0.207. The van der Waals surface area contributed by atoms with Crippen LogP contribution in [0.15, 0.2) is 30.3 Å². The normalized spacial score (nSPS) is 27.0. The summed E-state index contributed by atoms with van der Waals surface area (Å²) in [4.78, 5) is 18.5. The Balaban J connectivity index is 1.53. The van der Waals surface area contributed by atoms with Crippen molar-refractivity contribution in [3.05, 3.63) is 35.2 Å². The first-order valence-corrected chi connectivity index (χ1v) is 9.96. The Morgan fingerprint density at radius 1 is 1.36 bits per heavy atom. The van der Waals surface area contributed by atoms with Gasteiger partial charge in [0.15, 0.2) is 0 Å². The van der Waals surface area contributed by atoms with Gasteiger partial charge in [-0.25, -0.2) is 0 Å². The van der Waals surface area contributed by atoms with Crippen LogP contribution in [-0.4, -0.2) is 62.1 Å². The summed E-state index contributed by atoms with van der Waals surface area (Å²) in [7, 11) is 1.79. The van der Waals surface area contributed by atoms with E-state index < -0.39 is 0 Å². The third kappa shape index (κ3) is 2.98. The van der Waals surface area contributed by atoms with E-state index in [-0.39, 0.29) is 11.3 Å². The van der Waals surface area contributed by atoms with Crippen LogP contribution < -0.4 is 0 Å². The standard InChI is InChI=1S/C20H26N2O2S/c1-3-21-11-16(12-24-2)20(13-21)8-9-22(14-20)19(23)18-10-15-6-4-5-7-17(15)25-18/h4-7,10,16H,3,8-9,11-14H2,1-2H3/t16-,20-/m0/s1. The maximum absolute atomic E-state index is 13.1. The molecule has 2 saturated heterocycles. The fourth-order valence-corrected chi connectivity index (χ4v) is 5.62. The van der Waals surface area contributed by atoms with E-state index in [1.807, 2.05) is 18.2 Å². The van der Waals surface area contributed by atoms with Gasteiger partial charge in [-0.2, -0.15) is 0 Å². The van der Waals surface area contributed by atoms with Gasteiger partial charge in [-0.05, 0) is 30.5 Å². The maximum atomic E-state index is 13.1. The zero-order valence-corrected chi connectivity index (χ0v) is 15.8. The molecule has 2 fully saturated rings. The first-order valence-electron chi connectivity index (χ1n) is 9.14. The summed E-state index contributed by atoms with van der Waals surface area (Å²) in [5, 5.41) is 1.17. The van der Waals surface area contributed by atoms with E-state index in [0.717, 1.165) is 50.6 Å². The minimum atomic E-state index is 0.198. The number of thiophene rings is 1. The molecule has 0 saturated carbocycles. The summed E-state index contributed by atoms with van der Waals surface area (Å²) in [6.45, 7) is 8.00. The highest BCUT2D eigenvalue weighted by Crippen LogP contribution is 2.44. The van der Waals surface area contributed by atoms with Crippen LogP contribution in [0.4, 0.5) is 0 Å². The van der Waals surface area contributed by atoms with Crippen LogP contribution in [0.5, 0.6) is 0 Å². The molecule has 1 amide bonds. The molecule has 0 aliphatic carbocycles. The first-order chi connectivity index (χ1) is 12.1. The topological polar surface area (TPSA) is 32.8 Å². The van der Waals surface area contributed by atoms with E-state index in [4.69, 9.17) is 4.74 Å². The molecule has 1 spiro atoms. The van der Waals surface area contributed by atoms with Crippen LogP contribution in [0.2, 0.25) is 0 Å². The van der Waals surface area contributed by atoms with Gasteiger partial charge in [-0.3, -0.25) is 4.79 Å². The van der Waals surface area contributed by atoms with Crippen molar-refractivity contribution in [2.45, 2.75) is 13.3 Å². The van der Waals surface area contributed by atoms with Gasteiger partial charge in [0.1, 0.15) is 0 Å². The van der Waals surface area contributed by atoms with Crippen molar-refractivity contribution < 1.29 is 9.53 Å². The van der Waals surface area contributed by atoms with Gasteiger partial charge in [0.25, 0.3) is 5.91 Å². The lowest BCUT2D eigenvalue weighted by Crippen LogP contribution is -2.38. The van der Waals surface area contributed by atoms with Crippen molar-refractivity contribution >= 4 is 27.3 Å². The Hall–Kier alpha value is -1.43. The number of nitrogens with zero attached hydrogens (tertiary/aromatic N) is 2. The molecule has 4 nitrogen and oxygen atoms in total. The van der Waals surface area contributed by atoms with E-state index in [1.165, 1.54) is 10.1 Å². The molecule has 3 heterocycles. The van der Waals surface area contributed by atoms with Crippen LogP contribution in [-0.2, 0) is 4.74 Å². The number of carbonyl (C=O) groups excluding carboxylic acids is 1. The third-order valence-electron chi connectivity index (χ3n) is 6.01. The number of hydrogen-bond acceptors (Lipinski definition) is 4. The average molecular weight is 359 g/mol. The molecule has 2 aromatic rings. The summed E-state index contributed by atoms with van der Waals surface area (Å²) in [6.07, 6.45) is 1.09. The predicted octanol–water partition coefficient (Wildman–Crippen LogP) is 3.33. The number of likely N-dealkylation sites (tertiary alicyclic amines) is 2. The Labute approximate surface area is 153 Å². The van der Waals surface area contributed by atoms with Gasteiger partial charge in [0.2, 0.25) is 0 Å². The predicted molar refractivity (Wildman–Crippen MR) is 102 cm³/mol. The number of hydrogen-bond donors (Lipinski definition) is 0. The zero-order valence-electron chi connectivity index (χ0n) is 15.0. The Morgan fingerprint density at radius 2 is 2.20 bits per heavy atom. The van der Waals surface area contributed by atoms with Crippen LogP contribution in [0.1, 0.15) is 23.0 Å². The van der Waals surface area contributed by atoms with Crippen molar-refractivity contribution in [3.63, 3.8) is 0 Å². The van der Waals surface area contributed by atoms with Crippen molar-refractivity contribution in [1.29, 1.82) is 0 Å². The van der Waals surface area contributed by atoms with Crippen LogP contribution in [0, 0.1) is 11.3 Å². The molecule has 1 aromatic carbocycles. The smallest absolute Gasteiger partial charge is 0.263 e. The fraction of sp³-hybridized carbons (Fsp3) is 0.550. The van der Waals surface area contributed by atoms with Crippen LogP contribution in [0.3, 0.4) is 0 Å². The molecule has 0 N–H and O–H groups in total. The molecule has 0 bridgehead atoms. The highest BCUT2D eigenvalue weighted by Gasteiger charge is 2.50. The Morgan fingerprint density at radius 3 is 2.96 bits per heavy atom. The molecular weight excluding hydrogens is 332 g/mol. The lowest BCUT2D eigenvalue weighted by atomic mass is 9.77. The number of benzene rings is 1. The number of rotatable bonds is 4. The molecule has 0 unspecified atom stereocenters. The summed E-state index contributed by atoms with van der Waals surface area (Å²) in [5.74, 6) is 0.724. The largest absolute Gasteiger partial charge is 0.384 e. The monoisotopic (exact) mass is 358 g/mol. The molecule has 1 aromatic heterocycles. The average Bonchev–Trinajstić information content (AvgIpc) is 3.33. The highest BCUT2D eigenvalue weighted by molar-refractivity contribution is 7.20. The third-order valence-corrected chi connectivity index (χ3v) is 7.11. The molecule has 2 aliphatic rings. The van der Waals surface area contributed by atoms with Gasteiger partial charge < -0.3 is 14.5 Å². The zero-order chi connectivity index (χ0) is 17.4. The second kappa shape index (κ2) is 6.71. The van der Waals surface area contributed by atoms with E-state index in [1.54, 1.807) is 18.4 Å². The lowest BCUT2D eigenvalue weighted by Gasteiger charge is -2.30. The molecular formula is C20H26N2O2S. The SMILES string of the molecule is CCN1C[C@@H](COC)[C@@]2(CCN(C(=O)c3cc4ccccc4s3)C2)C1. The molecule has 25 heavy (non-hydrogen) atoms. The van der Waals surface area contributed by atoms with E-state index in [2.05, 4.69) is 28.9 Å². The lowest BCUT2D eigenvalue weighted by molar-refractivity contribution is 0.0720. The van der Waals surface area contributed by atoms with E-state index >= 15 is 0 Å².